The summed E-state index contributed by atoms with van der Waals surface area (Å²) in [5.74, 6) is -0.0452. The van der Waals surface area contributed by atoms with Crippen molar-refractivity contribution in [1.29, 1.82) is 0 Å². The highest BCUT2D eigenvalue weighted by Crippen LogP contribution is 2.33. The van der Waals surface area contributed by atoms with Gasteiger partial charge in [-0.05, 0) is 49.2 Å². The van der Waals surface area contributed by atoms with E-state index in [0.29, 0.717) is 11.4 Å². The standard InChI is InChI=1S/C24H23Cl2FN4O2/c25-19-13-17(27)14-20(26)24(19)33-15-23(32)28-18-7-5-6-16(12-18)21-8-9-22(30-29-21)31-10-3-1-2-4-11-31/h5-9,12-14H,1-4,10-11,15H2,(H,28,32). The number of rotatable bonds is 6. The maximum absolute atomic E-state index is 13.3. The first-order valence-electron chi connectivity index (χ1n) is 10.8. The molecule has 33 heavy (non-hydrogen) atoms. The molecule has 3 aromatic rings. The Bertz CT molecular complexity index is 1100. The molecule has 0 atom stereocenters. The number of hydrogen-bond acceptors (Lipinski definition) is 5. The minimum atomic E-state index is -0.582. The fraction of sp³-hybridized carbons (Fsp3) is 0.292. The third-order valence-corrected chi connectivity index (χ3v) is 5.89. The second-order valence-corrected chi connectivity index (χ2v) is 8.61. The number of halogens is 3. The smallest absolute Gasteiger partial charge is 0.262 e. The van der Waals surface area contributed by atoms with Crippen molar-refractivity contribution in [3.8, 4) is 17.0 Å². The number of hydrogen-bond donors (Lipinski definition) is 1. The lowest BCUT2D eigenvalue weighted by molar-refractivity contribution is -0.118. The number of carbonyl (C=O) groups excluding carboxylic acids is 1. The van der Waals surface area contributed by atoms with Crippen LogP contribution in [-0.2, 0) is 4.79 Å². The summed E-state index contributed by atoms with van der Waals surface area (Å²) in [7, 11) is 0. The van der Waals surface area contributed by atoms with Crippen LogP contribution < -0.4 is 15.0 Å². The predicted molar refractivity (Wildman–Crippen MR) is 129 cm³/mol. The number of anilines is 2. The first-order chi connectivity index (χ1) is 16.0. The number of ether oxygens (including phenoxy) is 1. The van der Waals surface area contributed by atoms with E-state index in [0.717, 1.165) is 36.6 Å². The first kappa shape index (κ1) is 23.3. The number of aromatic nitrogens is 2. The molecule has 2 heterocycles. The van der Waals surface area contributed by atoms with Gasteiger partial charge in [-0.15, -0.1) is 10.2 Å². The van der Waals surface area contributed by atoms with E-state index in [2.05, 4.69) is 20.4 Å². The molecule has 2 aromatic carbocycles. The van der Waals surface area contributed by atoms with Gasteiger partial charge in [0.2, 0.25) is 0 Å². The lowest BCUT2D eigenvalue weighted by Gasteiger charge is -2.20. The molecule has 1 N–H and O–H groups in total. The molecule has 1 aliphatic rings. The van der Waals surface area contributed by atoms with Crippen LogP contribution in [0.1, 0.15) is 25.7 Å². The van der Waals surface area contributed by atoms with Crippen molar-refractivity contribution in [2.45, 2.75) is 25.7 Å². The maximum atomic E-state index is 13.3. The summed E-state index contributed by atoms with van der Waals surface area (Å²) in [6.45, 7) is 1.68. The highest BCUT2D eigenvalue weighted by molar-refractivity contribution is 6.37. The maximum Gasteiger partial charge on any atom is 0.262 e. The highest BCUT2D eigenvalue weighted by atomic mass is 35.5. The van der Waals surface area contributed by atoms with Crippen LogP contribution in [-0.4, -0.2) is 35.8 Å². The molecule has 0 aliphatic carbocycles. The predicted octanol–water partition coefficient (Wildman–Crippen LogP) is 5.99. The van der Waals surface area contributed by atoms with Gasteiger partial charge < -0.3 is 15.0 Å². The minimum absolute atomic E-state index is 0.00278. The molecular formula is C24H23Cl2FN4O2. The Morgan fingerprint density at radius 3 is 2.39 bits per heavy atom. The van der Waals surface area contributed by atoms with Gasteiger partial charge in [-0.2, -0.15) is 0 Å². The lowest BCUT2D eigenvalue weighted by Crippen LogP contribution is -2.25. The summed E-state index contributed by atoms with van der Waals surface area (Å²) < 4.78 is 18.7. The second kappa shape index (κ2) is 10.8. The van der Waals surface area contributed by atoms with Gasteiger partial charge in [0.15, 0.2) is 18.2 Å². The third kappa shape index (κ3) is 6.12. The first-order valence-corrected chi connectivity index (χ1v) is 11.5. The Labute approximate surface area is 201 Å². The summed E-state index contributed by atoms with van der Waals surface area (Å²) in [5.41, 5.74) is 2.12. The Morgan fingerprint density at radius 2 is 1.73 bits per heavy atom. The van der Waals surface area contributed by atoms with Crippen LogP contribution in [0.3, 0.4) is 0 Å². The fourth-order valence-electron chi connectivity index (χ4n) is 3.71. The van der Waals surface area contributed by atoms with Crippen LogP contribution in [0.25, 0.3) is 11.3 Å². The number of carbonyl (C=O) groups is 1. The highest BCUT2D eigenvalue weighted by Gasteiger charge is 2.14. The van der Waals surface area contributed by atoms with Crippen molar-refractivity contribution in [2.24, 2.45) is 0 Å². The van der Waals surface area contributed by atoms with Crippen LogP contribution in [0.5, 0.6) is 5.75 Å². The van der Waals surface area contributed by atoms with Gasteiger partial charge in [-0.3, -0.25) is 4.79 Å². The van der Waals surface area contributed by atoms with E-state index < -0.39 is 11.7 Å². The van der Waals surface area contributed by atoms with E-state index in [9.17, 15) is 9.18 Å². The summed E-state index contributed by atoms with van der Waals surface area (Å²) in [5, 5.41) is 11.6. The van der Waals surface area contributed by atoms with Gasteiger partial charge in [0.1, 0.15) is 5.82 Å². The number of benzene rings is 2. The van der Waals surface area contributed by atoms with E-state index in [1.165, 1.54) is 25.7 Å². The van der Waals surface area contributed by atoms with Gasteiger partial charge in [-0.1, -0.05) is 48.2 Å². The van der Waals surface area contributed by atoms with Crippen molar-refractivity contribution in [2.75, 3.05) is 29.9 Å². The van der Waals surface area contributed by atoms with Crippen molar-refractivity contribution in [3.05, 3.63) is 64.4 Å². The molecule has 0 bridgehead atoms. The zero-order valence-electron chi connectivity index (χ0n) is 17.9. The molecule has 4 rings (SSSR count). The quantitative estimate of drug-likeness (QED) is 0.461. The van der Waals surface area contributed by atoms with Crippen molar-refractivity contribution in [3.63, 3.8) is 0 Å². The molecule has 172 valence electrons. The number of amides is 1. The molecule has 1 amide bonds. The molecule has 0 radical (unpaired) electrons. The second-order valence-electron chi connectivity index (χ2n) is 7.79. The zero-order valence-corrected chi connectivity index (χ0v) is 19.4. The SMILES string of the molecule is O=C(COc1c(Cl)cc(F)cc1Cl)Nc1cccc(-c2ccc(N3CCCCCC3)nn2)c1. The molecule has 1 aliphatic heterocycles. The van der Waals surface area contributed by atoms with E-state index in [4.69, 9.17) is 27.9 Å². The largest absolute Gasteiger partial charge is 0.481 e. The van der Waals surface area contributed by atoms with Crippen LogP contribution in [0.2, 0.25) is 10.0 Å². The van der Waals surface area contributed by atoms with Crippen molar-refractivity contribution in [1.82, 2.24) is 10.2 Å². The van der Waals surface area contributed by atoms with Crippen molar-refractivity contribution >= 4 is 40.6 Å². The summed E-state index contributed by atoms with van der Waals surface area (Å²) in [6, 6.07) is 13.4. The zero-order chi connectivity index (χ0) is 23.2. The van der Waals surface area contributed by atoms with Gasteiger partial charge in [0, 0.05) is 24.3 Å². The van der Waals surface area contributed by atoms with Crippen LogP contribution in [0.15, 0.2) is 48.5 Å². The van der Waals surface area contributed by atoms with Crippen LogP contribution in [0.4, 0.5) is 15.9 Å². The molecule has 1 aromatic heterocycles. The van der Waals surface area contributed by atoms with Crippen molar-refractivity contribution < 1.29 is 13.9 Å². The number of nitrogens with one attached hydrogen (secondary N) is 1. The van der Waals surface area contributed by atoms with E-state index in [1.54, 1.807) is 6.07 Å². The Hall–Kier alpha value is -2.90. The number of nitrogens with zero attached hydrogens (tertiary/aromatic N) is 3. The fourth-order valence-corrected chi connectivity index (χ4v) is 4.28. The summed E-state index contributed by atoms with van der Waals surface area (Å²) >= 11 is 11.9. The average molecular weight is 489 g/mol. The molecule has 9 heteroatoms. The summed E-state index contributed by atoms with van der Waals surface area (Å²) in [6.07, 6.45) is 4.87. The van der Waals surface area contributed by atoms with Crippen LogP contribution in [0, 0.1) is 5.82 Å². The Morgan fingerprint density at radius 1 is 1.00 bits per heavy atom. The lowest BCUT2D eigenvalue weighted by atomic mass is 10.1. The Kier molecular flexibility index (Phi) is 7.62. The molecular weight excluding hydrogens is 466 g/mol. The monoisotopic (exact) mass is 488 g/mol. The normalized spacial score (nSPS) is 14.0. The van der Waals surface area contributed by atoms with Gasteiger partial charge in [0.25, 0.3) is 5.91 Å². The van der Waals surface area contributed by atoms with Gasteiger partial charge in [0.05, 0.1) is 15.7 Å². The molecule has 0 saturated carbocycles. The van der Waals surface area contributed by atoms with E-state index in [1.807, 2.05) is 30.3 Å². The third-order valence-electron chi connectivity index (χ3n) is 5.33. The molecule has 0 spiro atoms. The average Bonchev–Trinajstić information content (AvgIpc) is 3.08. The van der Waals surface area contributed by atoms with Crippen LogP contribution >= 0.6 is 23.2 Å². The van der Waals surface area contributed by atoms with Gasteiger partial charge in [-0.25, -0.2) is 4.39 Å². The minimum Gasteiger partial charge on any atom is -0.481 e. The summed E-state index contributed by atoms with van der Waals surface area (Å²) in [4.78, 5) is 14.6. The molecule has 0 unspecified atom stereocenters. The molecule has 1 fully saturated rings. The van der Waals surface area contributed by atoms with Gasteiger partial charge >= 0.3 is 0 Å². The molecule has 1 saturated heterocycles. The van der Waals surface area contributed by atoms with E-state index in [-0.39, 0.29) is 22.4 Å². The molecule has 6 nitrogen and oxygen atoms in total. The Balaban J connectivity index is 1.39. The van der Waals surface area contributed by atoms with E-state index >= 15 is 0 Å². The topological polar surface area (TPSA) is 67.3 Å².